The molecule has 1 atom stereocenters. The second-order valence-corrected chi connectivity index (χ2v) is 9.39. The SMILES string of the molecule is CC(C)CN(CC(C)C)C(CC(C)(C)C)C(C)(C)C. The number of hydrogen-bond acceptors (Lipinski definition) is 1. The zero-order valence-electron chi connectivity index (χ0n) is 15.3. The molecular formula is C18H39N. The summed E-state index contributed by atoms with van der Waals surface area (Å²) in [5.41, 5.74) is 0.737. The van der Waals surface area contributed by atoms with Gasteiger partial charge in [0.15, 0.2) is 0 Å². The fourth-order valence-corrected chi connectivity index (χ4v) is 2.83. The van der Waals surface area contributed by atoms with Gasteiger partial charge in [-0.25, -0.2) is 0 Å². The molecule has 0 aromatic heterocycles. The number of nitrogens with zero attached hydrogens (tertiary/aromatic N) is 1. The predicted octanol–water partition coefficient (Wildman–Crippen LogP) is 5.45. The topological polar surface area (TPSA) is 3.24 Å². The summed E-state index contributed by atoms with van der Waals surface area (Å²) in [4.78, 5) is 2.75. The molecule has 0 N–H and O–H groups in total. The molecule has 0 fully saturated rings. The van der Waals surface area contributed by atoms with Gasteiger partial charge in [-0.05, 0) is 29.1 Å². The predicted molar refractivity (Wildman–Crippen MR) is 88.6 cm³/mol. The van der Waals surface area contributed by atoms with E-state index in [1.165, 1.54) is 19.5 Å². The van der Waals surface area contributed by atoms with Gasteiger partial charge in [0.1, 0.15) is 0 Å². The molecule has 0 aliphatic heterocycles. The molecule has 0 saturated heterocycles. The highest BCUT2D eigenvalue weighted by Gasteiger charge is 2.34. The quantitative estimate of drug-likeness (QED) is 0.619. The molecule has 0 saturated carbocycles. The second kappa shape index (κ2) is 7.11. The van der Waals surface area contributed by atoms with Crippen molar-refractivity contribution < 1.29 is 0 Å². The highest BCUT2D eigenvalue weighted by atomic mass is 15.2. The molecule has 116 valence electrons. The minimum atomic E-state index is 0.344. The van der Waals surface area contributed by atoms with Crippen LogP contribution in [-0.4, -0.2) is 24.0 Å². The van der Waals surface area contributed by atoms with E-state index >= 15 is 0 Å². The molecule has 0 aromatic rings. The maximum atomic E-state index is 2.75. The minimum absolute atomic E-state index is 0.344. The molecule has 19 heavy (non-hydrogen) atoms. The average molecular weight is 270 g/mol. The molecule has 0 amide bonds. The monoisotopic (exact) mass is 269 g/mol. The van der Waals surface area contributed by atoms with Crippen LogP contribution in [0.15, 0.2) is 0 Å². The van der Waals surface area contributed by atoms with Crippen molar-refractivity contribution in [1.29, 1.82) is 0 Å². The van der Waals surface area contributed by atoms with E-state index in [1.807, 2.05) is 0 Å². The van der Waals surface area contributed by atoms with E-state index in [1.54, 1.807) is 0 Å². The van der Waals surface area contributed by atoms with Gasteiger partial charge < -0.3 is 0 Å². The van der Waals surface area contributed by atoms with Crippen molar-refractivity contribution in [3.05, 3.63) is 0 Å². The summed E-state index contributed by atoms with van der Waals surface area (Å²) >= 11 is 0. The van der Waals surface area contributed by atoms with Gasteiger partial charge in [-0.3, -0.25) is 4.90 Å². The third-order valence-electron chi connectivity index (χ3n) is 3.45. The van der Waals surface area contributed by atoms with Gasteiger partial charge in [-0.15, -0.1) is 0 Å². The first-order valence-corrected chi connectivity index (χ1v) is 8.07. The van der Waals surface area contributed by atoms with Gasteiger partial charge in [0.2, 0.25) is 0 Å². The lowest BCUT2D eigenvalue weighted by atomic mass is 9.75. The molecule has 0 heterocycles. The Hall–Kier alpha value is -0.0400. The molecule has 0 spiro atoms. The number of hydrogen-bond donors (Lipinski definition) is 0. The Balaban J connectivity index is 5.12. The largest absolute Gasteiger partial charge is 0.299 e. The Labute approximate surface area is 123 Å². The minimum Gasteiger partial charge on any atom is -0.299 e. The molecule has 0 aliphatic rings. The fourth-order valence-electron chi connectivity index (χ4n) is 2.83. The van der Waals surface area contributed by atoms with Crippen molar-refractivity contribution in [2.45, 2.75) is 81.7 Å². The van der Waals surface area contributed by atoms with Crippen LogP contribution in [0, 0.1) is 22.7 Å². The summed E-state index contributed by atoms with van der Waals surface area (Å²) in [6.07, 6.45) is 1.27. The standard InChI is InChI=1S/C18H39N/c1-14(2)12-19(13-15(3)4)16(18(8,9)10)11-17(5,6)7/h14-16H,11-13H2,1-10H3. The van der Waals surface area contributed by atoms with Gasteiger partial charge in [-0.1, -0.05) is 69.2 Å². The van der Waals surface area contributed by atoms with Crippen molar-refractivity contribution in [2.75, 3.05) is 13.1 Å². The summed E-state index contributed by atoms with van der Waals surface area (Å²) in [5, 5.41) is 0. The van der Waals surface area contributed by atoms with E-state index < -0.39 is 0 Å². The maximum absolute atomic E-state index is 2.75. The van der Waals surface area contributed by atoms with Crippen molar-refractivity contribution in [1.82, 2.24) is 4.90 Å². The van der Waals surface area contributed by atoms with E-state index in [2.05, 4.69) is 74.1 Å². The molecule has 1 unspecified atom stereocenters. The van der Waals surface area contributed by atoms with Crippen LogP contribution in [0.3, 0.4) is 0 Å². The highest BCUT2D eigenvalue weighted by molar-refractivity contribution is 4.87. The number of rotatable bonds is 6. The van der Waals surface area contributed by atoms with Crippen molar-refractivity contribution in [3.63, 3.8) is 0 Å². The third-order valence-corrected chi connectivity index (χ3v) is 3.45. The highest BCUT2D eigenvalue weighted by Crippen LogP contribution is 2.35. The fraction of sp³-hybridized carbons (Fsp3) is 1.00. The Morgan fingerprint density at radius 1 is 0.737 bits per heavy atom. The summed E-state index contributed by atoms with van der Waals surface area (Å²) in [6.45, 7) is 26.1. The Morgan fingerprint density at radius 2 is 1.11 bits per heavy atom. The molecular weight excluding hydrogens is 230 g/mol. The van der Waals surface area contributed by atoms with E-state index in [0.29, 0.717) is 16.9 Å². The van der Waals surface area contributed by atoms with Gasteiger partial charge in [0.25, 0.3) is 0 Å². The lowest BCUT2D eigenvalue weighted by molar-refractivity contribution is 0.0462. The van der Waals surface area contributed by atoms with Crippen LogP contribution in [0.2, 0.25) is 0 Å². The maximum Gasteiger partial charge on any atom is 0.0149 e. The summed E-state index contributed by atoms with van der Waals surface area (Å²) in [7, 11) is 0. The zero-order valence-corrected chi connectivity index (χ0v) is 15.3. The Kier molecular flexibility index (Phi) is 7.09. The molecule has 0 bridgehead atoms. The van der Waals surface area contributed by atoms with Crippen LogP contribution in [0.5, 0.6) is 0 Å². The molecule has 0 aliphatic carbocycles. The molecule has 1 nitrogen and oxygen atoms in total. The van der Waals surface area contributed by atoms with Crippen molar-refractivity contribution >= 4 is 0 Å². The Morgan fingerprint density at radius 3 is 1.32 bits per heavy atom. The normalized spacial score (nSPS) is 15.6. The van der Waals surface area contributed by atoms with Gasteiger partial charge in [0.05, 0.1) is 0 Å². The van der Waals surface area contributed by atoms with Crippen LogP contribution in [0.1, 0.15) is 75.7 Å². The van der Waals surface area contributed by atoms with Crippen molar-refractivity contribution in [2.24, 2.45) is 22.7 Å². The van der Waals surface area contributed by atoms with E-state index in [-0.39, 0.29) is 0 Å². The lowest BCUT2D eigenvalue weighted by Crippen LogP contribution is -2.48. The first kappa shape index (κ1) is 19.0. The van der Waals surface area contributed by atoms with Crippen LogP contribution in [0.4, 0.5) is 0 Å². The summed E-state index contributed by atoms with van der Waals surface area (Å²) in [5.74, 6) is 1.48. The molecule has 1 heteroatoms. The van der Waals surface area contributed by atoms with Gasteiger partial charge >= 0.3 is 0 Å². The molecule has 0 aromatic carbocycles. The summed E-state index contributed by atoms with van der Waals surface area (Å²) < 4.78 is 0. The summed E-state index contributed by atoms with van der Waals surface area (Å²) in [6, 6.07) is 0.664. The average Bonchev–Trinajstić information content (AvgIpc) is 2.08. The molecule has 0 rings (SSSR count). The molecule has 0 radical (unpaired) electrons. The van der Waals surface area contributed by atoms with E-state index in [0.717, 1.165) is 11.8 Å². The second-order valence-electron chi connectivity index (χ2n) is 9.39. The first-order valence-electron chi connectivity index (χ1n) is 8.07. The van der Waals surface area contributed by atoms with Crippen LogP contribution >= 0.6 is 0 Å². The Bertz CT molecular complexity index is 229. The smallest absolute Gasteiger partial charge is 0.0149 e. The van der Waals surface area contributed by atoms with E-state index in [9.17, 15) is 0 Å². The zero-order chi connectivity index (χ0) is 15.4. The van der Waals surface area contributed by atoms with Gasteiger partial charge in [0, 0.05) is 19.1 Å². The van der Waals surface area contributed by atoms with Gasteiger partial charge in [-0.2, -0.15) is 0 Å². The lowest BCUT2D eigenvalue weighted by Gasteiger charge is -2.45. The van der Waals surface area contributed by atoms with Crippen LogP contribution in [0.25, 0.3) is 0 Å². The van der Waals surface area contributed by atoms with E-state index in [4.69, 9.17) is 0 Å². The van der Waals surface area contributed by atoms with Crippen molar-refractivity contribution in [3.8, 4) is 0 Å². The van der Waals surface area contributed by atoms with Crippen LogP contribution in [-0.2, 0) is 0 Å². The van der Waals surface area contributed by atoms with Crippen LogP contribution < -0.4 is 0 Å². The first-order chi connectivity index (χ1) is 8.33. The third kappa shape index (κ3) is 8.68.